The number of hydrogen-bond donors (Lipinski definition) is 2. The molecule has 0 aliphatic heterocycles. The first-order chi connectivity index (χ1) is 14.7. The number of hydrogen-bond acceptors (Lipinski definition) is 6. The van der Waals surface area contributed by atoms with E-state index in [-0.39, 0.29) is 5.91 Å². The summed E-state index contributed by atoms with van der Waals surface area (Å²) in [6.45, 7) is 3.46. The van der Waals surface area contributed by atoms with Crippen molar-refractivity contribution in [3.63, 3.8) is 0 Å². The average Bonchev–Trinajstić information content (AvgIpc) is 3.29. The molecule has 1 saturated carbocycles. The standard InChI is InChI=1S/C21H19N7O2/c1-2-19(29)23-14-5-3-6-17(11-14)30-20-18-7-4-10-27(18)26-21(25-20)24-15-12-22-28(13-15)16-8-9-16/h2-7,10-13,16H,1,8-9H2,(H,23,29)(H,24,26). The van der Waals surface area contributed by atoms with Crippen molar-refractivity contribution in [1.82, 2.24) is 24.4 Å². The second kappa shape index (κ2) is 7.36. The number of carbonyl (C=O) groups is 1. The Hall–Kier alpha value is -4.14. The molecule has 1 aromatic carbocycles. The molecule has 1 aliphatic rings. The molecular weight excluding hydrogens is 382 g/mol. The van der Waals surface area contributed by atoms with Crippen molar-refractivity contribution >= 4 is 28.7 Å². The SMILES string of the molecule is C=CC(=O)Nc1cccc(Oc2nc(Nc3cnn(C4CC4)c3)nn3cccc23)c1. The van der Waals surface area contributed by atoms with E-state index < -0.39 is 0 Å². The number of benzene rings is 1. The second-order valence-corrected chi connectivity index (χ2v) is 6.97. The summed E-state index contributed by atoms with van der Waals surface area (Å²) in [5.41, 5.74) is 2.13. The second-order valence-electron chi connectivity index (χ2n) is 6.97. The number of nitrogens with zero attached hydrogens (tertiary/aromatic N) is 5. The quantitative estimate of drug-likeness (QED) is 0.456. The van der Waals surface area contributed by atoms with Gasteiger partial charge < -0.3 is 15.4 Å². The van der Waals surface area contributed by atoms with Crippen LogP contribution in [0.25, 0.3) is 5.52 Å². The molecule has 3 aromatic heterocycles. The van der Waals surface area contributed by atoms with E-state index in [1.807, 2.05) is 29.2 Å². The van der Waals surface area contributed by atoms with Crippen LogP contribution in [0, 0.1) is 0 Å². The fourth-order valence-corrected chi connectivity index (χ4v) is 3.05. The topological polar surface area (TPSA) is 98.4 Å². The van der Waals surface area contributed by atoms with Crippen molar-refractivity contribution in [2.24, 2.45) is 0 Å². The number of rotatable bonds is 7. The summed E-state index contributed by atoms with van der Waals surface area (Å²) in [6, 6.07) is 11.3. The maximum atomic E-state index is 11.5. The highest BCUT2D eigenvalue weighted by molar-refractivity contribution is 5.98. The van der Waals surface area contributed by atoms with Gasteiger partial charge in [-0.05, 0) is 43.2 Å². The first-order valence-corrected chi connectivity index (χ1v) is 9.56. The molecule has 4 aromatic rings. The Kier molecular flexibility index (Phi) is 4.40. The molecule has 1 fully saturated rings. The lowest BCUT2D eigenvalue weighted by molar-refractivity contribution is -0.111. The largest absolute Gasteiger partial charge is 0.437 e. The number of nitrogens with one attached hydrogen (secondary N) is 2. The van der Waals surface area contributed by atoms with Gasteiger partial charge in [-0.25, -0.2) is 4.52 Å². The van der Waals surface area contributed by atoms with Crippen LogP contribution in [0.2, 0.25) is 0 Å². The third-order valence-corrected chi connectivity index (χ3v) is 4.64. The van der Waals surface area contributed by atoms with Crippen LogP contribution in [-0.2, 0) is 4.79 Å². The number of fused-ring (bicyclic) bond motifs is 1. The van der Waals surface area contributed by atoms with Gasteiger partial charge in [0.25, 0.3) is 0 Å². The number of aromatic nitrogens is 5. The van der Waals surface area contributed by atoms with E-state index in [2.05, 4.69) is 32.4 Å². The summed E-state index contributed by atoms with van der Waals surface area (Å²) in [4.78, 5) is 16.1. The Morgan fingerprint density at radius 1 is 1.23 bits per heavy atom. The number of ether oxygens (including phenoxy) is 1. The van der Waals surface area contributed by atoms with Crippen LogP contribution in [0.15, 0.2) is 67.6 Å². The first kappa shape index (κ1) is 17.9. The lowest BCUT2D eigenvalue weighted by atomic mass is 10.3. The molecule has 0 radical (unpaired) electrons. The molecule has 0 saturated heterocycles. The van der Waals surface area contributed by atoms with E-state index in [0.717, 1.165) is 24.0 Å². The Morgan fingerprint density at radius 2 is 2.13 bits per heavy atom. The minimum atomic E-state index is -0.290. The number of anilines is 3. The van der Waals surface area contributed by atoms with E-state index in [0.29, 0.717) is 29.3 Å². The third kappa shape index (κ3) is 3.72. The molecule has 0 atom stereocenters. The number of carbonyl (C=O) groups excluding carboxylic acids is 1. The average molecular weight is 401 g/mol. The van der Waals surface area contributed by atoms with E-state index >= 15 is 0 Å². The Morgan fingerprint density at radius 3 is 2.97 bits per heavy atom. The predicted octanol–water partition coefficient (Wildman–Crippen LogP) is 3.92. The molecule has 1 aliphatic carbocycles. The maximum Gasteiger partial charge on any atom is 0.248 e. The lowest BCUT2D eigenvalue weighted by Crippen LogP contribution is -2.07. The minimum absolute atomic E-state index is 0.290. The van der Waals surface area contributed by atoms with Gasteiger partial charge >= 0.3 is 0 Å². The molecule has 150 valence electrons. The fourth-order valence-electron chi connectivity index (χ4n) is 3.05. The van der Waals surface area contributed by atoms with Gasteiger partial charge in [0.1, 0.15) is 11.3 Å². The van der Waals surface area contributed by atoms with Crippen molar-refractivity contribution in [3.05, 3.63) is 67.6 Å². The van der Waals surface area contributed by atoms with Crippen molar-refractivity contribution < 1.29 is 9.53 Å². The van der Waals surface area contributed by atoms with E-state index in [4.69, 9.17) is 4.74 Å². The van der Waals surface area contributed by atoms with Crippen LogP contribution in [-0.4, -0.2) is 30.3 Å². The Bertz CT molecular complexity index is 1240. The maximum absolute atomic E-state index is 11.5. The van der Waals surface area contributed by atoms with Gasteiger partial charge in [-0.15, -0.1) is 5.10 Å². The predicted molar refractivity (Wildman–Crippen MR) is 112 cm³/mol. The number of amides is 1. The van der Waals surface area contributed by atoms with Crippen LogP contribution in [0.3, 0.4) is 0 Å². The van der Waals surface area contributed by atoms with Crippen LogP contribution >= 0.6 is 0 Å². The summed E-state index contributed by atoms with van der Waals surface area (Å²) in [5.74, 6) is 1.02. The van der Waals surface area contributed by atoms with Crippen molar-refractivity contribution in [2.75, 3.05) is 10.6 Å². The fraction of sp³-hybridized carbons (Fsp3) is 0.143. The molecule has 2 N–H and O–H groups in total. The highest BCUT2D eigenvalue weighted by atomic mass is 16.5. The normalized spacial score (nSPS) is 13.2. The highest BCUT2D eigenvalue weighted by Crippen LogP contribution is 2.35. The summed E-state index contributed by atoms with van der Waals surface area (Å²) >= 11 is 0. The van der Waals surface area contributed by atoms with Crippen molar-refractivity contribution in [3.8, 4) is 11.6 Å². The zero-order chi connectivity index (χ0) is 20.5. The van der Waals surface area contributed by atoms with Gasteiger partial charge in [-0.1, -0.05) is 12.6 Å². The summed E-state index contributed by atoms with van der Waals surface area (Å²) in [5, 5.41) is 14.8. The van der Waals surface area contributed by atoms with E-state index in [9.17, 15) is 4.79 Å². The summed E-state index contributed by atoms with van der Waals surface area (Å²) in [6.07, 6.45) is 9.07. The molecule has 30 heavy (non-hydrogen) atoms. The molecular formula is C21H19N7O2. The monoisotopic (exact) mass is 401 g/mol. The van der Waals surface area contributed by atoms with Gasteiger partial charge in [0, 0.05) is 24.1 Å². The highest BCUT2D eigenvalue weighted by Gasteiger charge is 2.24. The van der Waals surface area contributed by atoms with Crippen LogP contribution < -0.4 is 15.4 Å². The Balaban J connectivity index is 1.42. The Labute approximate surface area is 172 Å². The molecule has 0 bridgehead atoms. The third-order valence-electron chi connectivity index (χ3n) is 4.64. The minimum Gasteiger partial charge on any atom is -0.437 e. The molecule has 5 rings (SSSR count). The van der Waals surface area contributed by atoms with Gasteiger partial charge in [0.2, 0.25) is 17.7 Å². The van der Waals surface area contributed by atoms with E-state index in [1.54, 1.807) is 35.0 Å². The zero-order valence-electron chi connectivity index (χ0n) is 16.0. The molecule has 0 spiro atoms. The van der Waals surface area contributed by atoms with Crippen LogP contribution in [0.5, 0.6) is 11.6 Å². The molecule has 9 nitrogen and oxygen atoms in total. The lowest BCUT2D eigenvalue weighted by Gasteiger charge is -2.10. The molecule has 3 heterocycles. The van der Waals surface area contributed by atoms with Gasteiger partial charge in [0.15, 0.2) is 0 Å². The van der Waals surface area contributed by atoms with Gasteiger partial charge in [-0.2, -0.15) is 10.1 Å². The van der Waals surface area contributed by atoms with Crippen LogP contribution in [0.1, 0.15) is 18.9 Å². The van der Waals surface area contributed by atoms with Crippen molar-refractivity contribution in [1.29, 1.82) is 0 Å². The van der Waals surface area contributed by atoms with Gasteiger partial charge in [-0.3, -0.25) is 9.48 Å². The molecule has 1 amide bonds. The van der Waals surface area contributed by atoms with Crippen LogP contribution in [0.4, 0.5) is 17.3 Å². The van der Waals surface area contributed by atoms with Gasteiger partial charge in [0.05, 0.1) is 17.9 Å². The smallest absolute Gasteiger partial charge is 0.248 e. The van der Waals surface area contributed by atoms with Crippen molar-refractivity contribution in [2.45, 2.75) is 18.9 Å². The molecule has 0 unspecified atom stereocenters. The van der Waals surface area contributed by atoms with E-state index in [1.165, 1.54) is 6.08 Å². The first-order valence-electron chi connectivity index (χ1n) is 9.56. The summed E-state index contributed by atoms with van der Waals surface area (Å²) in [7, 11) is 0. The summed E-state index contributed by atoms with van der Waals surface area (Å²) < 4.78 is 9.68. The zero-order valence-corrected chi connectivity index (χ0v) is 16.0. The molecule has 9 heteroatoms.